The third kappa shape index (κ3) is 1.69. The first-order valence-electron chi connectivity index (χ1n) is 6.43. The van der Waals surface area contributed by atoms with Gasteiger partial charge in [-0.25, -0.2) is 0 Å². The number of likely N-dealkylation sites (N-methyl/N-ethyl adjacent to an activating group) is 1. The molecule has 2 aliphatic rings. The summed E-state index contributed by atoms with van der Waals surface area (Å²) in [4.78, 5) is 2.31. The molecule has 3 heteroatoms. The van der Waals surface area contributed by atoms with E-state index in [1.54, 1.807) is 7.11 Å². The number of hydrogen-bond donors (Lipinski definition) is 1. The Morgan fingerprint density at radius 1 is 1.41 bits per heavy atom. The van der Waals surface area contributed by atoms with E-state index in [1.807, 2.05) is 0 Å². The zero-order valence-corrected chi connectivity index (χ0v) is 10.6. The van der Waals surface area contributed by atoms with Gasteiger partial charge in [0, 0.05) is 37.3 Å². The van der Waals surface area contributed by atoms with Gasteiger partial charge in [-0.2, -0.15) is 0 Å². The van der Waals surface area contributed by atoms with Gasteiger partial charge in [-0.3, -0.25) is 0 Å². The maximum Gasteiger partial charge on any atom is 0.127 e. The third-order valence-corrected chi connectivity index (χ3v) is 4.08. The Morgan fingerprint density at radius 2 is 2.29 bits per heavy atom. The van der Waals surface area contributed by atoms with Crippen molar-refractivity contribution < 1.29 is 4.74 Å². The minimum atomic E-state index is 0.626. The lowest BCUT2D eigenvalue weighted by Gasteiger charge is -2.18. The molecule has 0 bridgehead atoms. The Kier molecular flexibility index (Phi) is 2.71. The molecule has 0 saturated carbocycles. The van der Waals surface area contributed by atoms with Crippen molar-refractivity contribution in [3.8, 4) is 5.75 Å². The smallest absolute Gasteiger partial charge is 0.127 e. The summed E-state index contributed by atoms with van der Waals surface area (Å²) in [6, 6.07) is 4.52. The van der Waals surface area contributed by atoms with E-state index in [2.05, 4.69) is 29.4 Å². The number of nitrogens with one attached hydrogen (secondary N) is 1. The largest absolute Gasteiger partial charge is 0.496 e. The molecule has 2 aliphatic heterocycles. The summed E-state index contributed by atoms with van der Waals surface area (Å²) in [7, 11) is 3.96. The SMILES string of the molecule is COc1c(C2CCNC2)ccc2c1CCN2C. The summed E-state index contributed by atoms with van der Waals surface area (Å²) in [5, 5.41) is 3.43. The predicted molar refractivity (Wildman–Crippen MR) is 70.2 cm³/mol. The van der Waals surface area contributed by atoms with Gasteiger partial charge in [-0.15, -0.1) is 0 Å². The van der Waals surface area contributed by atoms with E-state index >= 15 is 0 Å². The number of fused-ring (bicyclic) bond motifs is 1. The molecule has 2 heterocycles. The number of rotatable bonds is 2. The Labute approximate surface area is 103 Å². The molecule has 1 unspecified atom stereocenters. The number of ether oxygens (including phenoxy) is 1. The van der Waals surface area contributed by atoms with E-state index in [0.29, 0.717) is 5.92 Å². The molecule has 0 radical (unpaired) electrons. The zero-order valence-electron chi connectivity index (χ0n) is 10.6. The Hall–Kier alpha value is -1.22. The maximum atomic E-state index is 5.69. The van der Waals surface area contributed by atoms with Crippen LogP contribution in [0.25, 0.3) is 0 Å². The molecule has 0 aliphatic carbocycles. The average Bonchev–Trinajstić information content (AvgIpc) is 2.98. The van der Waals surface area contributed by atoms with E-state index in [9.17, 15) is 0 Å². The topological polar surface area (TPSA) is 24.5 Å². The Morgan fingerprint density at radius 3 is 3.00 bits per heavy atom. The molecule has 1 aromatic carbocycles. The molecule has 1 N–H and O–H groups in total. The van der Waals surface area contributed by atoms with Crippen molar-refractivity contribution >= 4 is 5.69 Å². The van der Waals surface area contributed by atoms with Gasteiger partial charge in [0.2, 0.25) is 0 Å². The first-order chi connectivity index (χ1) is 8.31. The summed E-state index contributed by atoms with van der Waals surface area (Å²) in [5.41, 5.74) is 4.14. The monoisotopic (exact) mass is 232 g/mol. The fraction of sp³-hybridized carbons (Fsp3) is 0.571. The fourth-order valence-corrected chi connectivity index (χ4v) is 3.12. The number of methoxy groups -OCH3 is 1. The highest BCUT2D eigenvalue weighted by atomic mass is 16.5. The van der Waals surface area contributed by atoms with Crippen LogP contribution in [-0.2, 0) is 6.42 Å². The van der Waals surface area contributed by atoms with Gasteiger partial charge in [-0.1, -0.05) is 6.07 Å². The summed E-state index contributed by atoms with van der Waals surface area (Å²) in [6.07, 6.45) is 2.34. The molecule has 92 valence electrons. The molecule has 0 aromatic heterocycles. The maximum absolute atomic E-state index is 5.69. The number of hydrogen-bond acceptors (Lipinski definition) is 3. The predicted octanol–water partition coefficient (Wildman–Crippen LogP) is 1.76. The fourth-order valence-electron chi connectivity index (χ4n) is 3.12. The van der Waals surface area contributed by atoms with Crippen LogP contribution in [0.5, 0.6) is 5.75 Å². The lowest BCUT2D eigenvalue weighted by molar-refractivity contribution is 0.402. The minimum Gasteiger partial charge on any atom is -0.496 e. The molecule has 3 rings (SSSR count). The molecular formula is C14H20N2O. The summed E-state index contributed by atoms with van der Waals surface area (Å²) in [6.45, 7) is 3.33. The van der Waals surface area contributed by atoms with Gasteiger partial charge in [0.15, 0.2) is 0 Å². The number of nitrogens with zero attached hydrogens (tertiary/aromatic N) is 1. The summed E-state index contributed by atoms with van der Waals surface area (Å²) < 4.78 is 5.69. The summed E-state index contributed by atoms with van der Waals surface area (Å²) in [5.74, 6) is 1.77. The first kappa shape index (κ1) is 10.9. The lowest BCUT2D eigenvalue weighted by Crippen LogP contribution is -2.12. The highest BCUT2D eigenvalue weighted by molar-refractivity contribution is 5.65. The van der Waals surface area contributed by atoms with Crippen molar-refractivity contribution in [1.82, 2.24) is 5.32 Å². The average molecular weight is 232 g/mol. The Balaban J connectivity index is 2.05. The van der Waals surface area contributed by atoms with Crippen molar-refractivity contribution in [3.63, 3.8) is 0 Å². The van der Waals surface area contributed by atoms with Crippen LogP contribution in [-0.4, -0.2) is 33.8 Å². The molecule has 1 aromatic rings. The van der Waals surface area contributed by atoms with Crippen LogP contribution in [0.3, 0.4) is 0 Å². The van der Waals surface area contributed by atoms with Gasteiger partial charge >= 0.3 is 0 Å². The van der Waals surface area contributed by atoms with Gasteiger partial charge in [-0.05, 0) is 31.0 Å². The molecule has 1 fully saturated rings. The molecule has 0 amide bonds. The molecule has 1 saturated heterocycles. The molecule has 17 heavy (non-hydrogen) atoms. The van der Waals surface area contributed by atoms with E-state index < -0.39 is 0 Å². The first-order valence-corrected chi connectivity index (χ1v) is 6.43. The summed E-state index contributed by atoms with van der Waals surface area (Å²) >= 11 is 0. The number of anilines is 1. The van der Waals surface area contributed by atoms with Crippen molar-refractivity contribution in [1.29, 1.82) is 0 Å². The van der Waals surface area contributed by atoms with Crippen LogP contribution in [0.15, 0.2) is 12.1 Å². The van der Waals surface area contributed by atoms with Crippen molar-refractivity contribution in [2.75, 3.05) is 38.7 Å². The molecule has 1 atom stereocenters. The molecular weight excluding hydrogens is 212 g/mol. The Bertz CT molecular complexity index is 424. The molecule has 0 spiro atoms. The quantitative estimate of drug-likeness (QED) is 0.841. The molecule has 3 nitrogen and oxygen atoms in total. The zero-order chi connectivity index (χ0) is 11.8. The van der Waals surface area contributed by atoms with E-state index in [0.717, 1.165) is 31.8 Å². The van der Waals surface area contributed by atoms with Crippen LogP contribution >= 0.6 is 0 Å². The van der Waals surface area contributed by atoms with Crippen LogP contribution in [0, 0.1) is 0 Å². The van der Waals surface area contributed by atoms with Crippen molar-refractivity contribution in [2.45, 2.75) is 18.8 Å². The van der Waals surface area contributed by atoms with Crippen molar-refractivity contribution in [2.24, 2.45) is 0 Å². The van der Waals surface area contributed by atoms with E-state index in [4.69, 9.17) is 4.74 Å². The second-order valence-corrected chi connectivity index (χ2v) is 5.05. The van der Waals surface area contributed by atoms with Gasteiger partial charge in [0.25, 0.3) is 0 Å². The van der Waals surface area contributed by atoms with E-state index in [1.165, 1.54) is 23.2 Å². The van der Waals surface area contributed by atoms with Gasteiger partial charge in [0.05, 0.1) is 7.11 Å². The van der Waals surface area contributed by atoms with E-state index in [-0.39, 0.29) is 0 Å². The number of benzene rings is 1. The lowest BCUT2D eigenvalue weighted by atomic mass is 9.94. The second kappa shape index (κ2) is 4.22. The van der Waals surface area contributed by atoms with Crippen LogP contribution in [0.1, 0.15) is 23.5 Å². The van der Waals surface area contributed by atoms with Gasteiger partial charge in [0.1, 0.15) is 5.75 Å². The normalized spacial score (nSPS) is 22.9. The minimum absolute atomic E-state index is 0.626. The highest BCUT2D eigenvalue weighted by Gasteiger charge is 2.26. The highest BCUT2D eigenvalue weighted by Crippen LogP contribution is 2.41. The standard InChI is InChI=1S/C14H20N2O/c1-16-8-6-12-13(16)4-3-11(14(12)17-2)10-5-7-15-9-10/h3-4,10,15H,5-9H2,1-2H3. The van der Waals surface area contributed by atoms with Crippen LogP contribution < -0.4 is 15.0 Å². The van der Waals surface area contributed by atoms with Gasteiger partial charge < -0.3 is 15.0 Å². The second-order valence-electron chi connectivity index (χ2n) is 5.05. The van der Waals surface area contributed by atoms with Crippen LogP contribution in [0.4, 0.5) is 5.69 Å². The van der Waals surface area contributed by atoms with Crippen LogP contribution in [0.2, 0.25) is 0 Å². The third-order valence-electron chi connectivity index (χ3n) is 4.08. The van der Waals surface area contributed by atoms with Crippen molar-refractivity contribution in [3.05, 3.63) is 23.3 Å².